The molecule has 0 unspecified atom stereocenters. The average Bonchev–Trinajstić information content (AvgIpc) is 3.04. The predicted octanol–water partition coefficient (Wildman–Crippen LogP) is 3.62. The second-order valence-electron chi connectivity index (χ2n) is 6.54. The van der Waals surface area contributed by atoms with E-state index in [1.807, 2.05) is 12.1 Å². The summed E-state index contributed by atoms with van der Waals surface area (Å²) in [7, 11) is 2.86. The summed E-state index contributed by atoms with van der Waals surface area (Å²) in [6.45, 7) is 2.87. The van der Waals surface area contributed by atoms with Crippen LogP contribution in [-0.4, -0.2) is 43.5 Å². The van der Waals surface area contributed by atoms with Gasteiger partial charge in [-0.2, -0.15) is 0 Å². The topological polar surface area (TPSA) is 94.7 Å². The van der Waals surface area contributed by atoms with Gasteiger partial charge in [0.15, 0.2) is 6.61 Å². The van der Waals surface area contributed by atoms with Crippen molar-refractivity contribution in [3.8, 4) is 5.75 Å². The van der Waals surface area contributed by atoms with Gasteiger partial charge in [0.25, 0.3) is 0 Å². The number of carbonyl (C=O) groups excluding carboxylic acids is 3. The van der Waals surface area contributed by atoms with Crippen LogP contribution in [0.1, 0.15) is 42.5 Å². The van der Waals surface area contributed by atoms with Crippen molar-refractivity contribution in [2.75, 3.05) is 20.8 Å². The molecule has 0 saturated heterocycles. The Balaban J connectivity index is 1.73. The monoisotopic (exact) mass is 395 g/mol. The molecule has 0 fully saturated rings. The Hall–Kier alpha value is -3.61. The number of carbonyl (C=O) groups is 3. The SMILES string of the molecule is COC(=O)c1c(C)[nH]c(C(=O)COC(=O)c2ccc3cc(OC)ccc3c2)c1C. The van der Waals surface area contributed by atoms with E-state index in [1.54, 1.807) is 45.2 Å². The average molecular weight is 395 g/mol. The number of aryl methyl sites for hydroxylation is 1. The van der Waals surface area contributed by atoms with Crippen LogP contribution >= 0.6 is 0 Å². The summed E-state index contributed by atoms with van der Waals surface area (Å²) in [6, 6.07) is 10.6. The minimum Gasteiger partial charge on any atom is -0.497 e. The maximum atomic E-state index is 12.5. The summed E-state index contributed by atoms with van der Waals surface area (Å²) in [5.41, 5.74) is 1.86. The smallest absolute Gasteiger partial charge is 0.339 e. The maximum Gasteiger partial charge on any atom is 0.339 e. The van der Waals surface area contributed by atoms with Crippen molar-refractivity contribution in [3.05, 3.63) is 64.5 Å². The molecule has 0 aliphatic rings. The van der Waals surface area contributed by atoms with Crippen molar-refractivity contribution in [1.82, 2.24) is 4.98 Å². The summed E-state index contributed by atoms with van der Waals surface area (Å²) >= 11 is 0. The minimum absolute atomic E-state index is 0.223. The van der Waals surface area contributed by atoms with Crippen LogP contribution in [0, 0.1) is 13.8 Å². The number of rotatable bonds is 6. The zero-order chi connectivity index (χ0) is 21.1. The second-order valence-corrected chi connectivity index (χ2v) is 6.54. The van der Waals surface area contributed by atoms with Crippen LogP contribution in [0.25, 0.3) is 10.8 Å². The zero-order valence-electron chi connectivity index (χ0n) is 16.6. The number of aromatic amines is 1. The van der Waals surface area contributed by atoms with Crippen LogP contribution in [0.5, 0.6) is 5.75 Å². The molecular formula is C22H21NO6. The molecule has 7 heteroatoms. The van der Waals surface area contributed by atoms with Crippen molar-refractivity contribution in [1.29, 1.82) is 0 Å². The molecule has 0 aliphatic carbocycles. The second kappa shape index (κ2) is 8.18. The lowest BCUT2D eigenvalue weighted by atomic mass is 10.1. The first-order valence-electron chi connectivity index (χ1n) is 8.91. The van der Waals surface area contributed by atoms with Gasteiger partial charge in [-0.25, -0.2) is 9.59 Å². The zero-order valence-corrected chi connectivity index (χ0v) is 16.6. The molecule has 0 spiro atoms. The van der Waals surface area contributed by atoms with Gasteiger partial charge >= 0.3 is 11.9 Å². The number of Topliss-reactive ketones (excluding diaryl/α,β-unsaturated/α-hetero) is 1. The van der Waals surface area contributed by atoms with Crippen molar-refractivity contribution in [3.63, 3.8) is 0 Å². The normalized spacial score (nSPS) is 10.6. The summed E-state index contributed by atoms with van der Waals surface area (Å²) in [5, 5.41) is 1.77. The van der Waals surface area contributed by atoms with Gasteiger partial charge in [-0.3, -0.25) is 4.79 Å². The molecule has 0 radical (unpaired) electrons. The molecule has 1 heterocycles. The van der Waals surface area contributed by atoms with E-state index in [2.05, 4.69) is 4.98 Å². The molecule has 0 saturated carbocycles. The van der Waals surface area contributed by atoms with E-state index >= 15 is 0 Å². The third-order valence-corrected chi connectivity index (χ3v) is 4.72. The molecule has 7 nitrogen and oxygen atoms in total. The van der Waals surface area contributed by atoms with Gasteiger partial charge in [0.2, 0.25) is 5.78 Å². The van der Waals surface area contributed by atoms with E-state index in [1.165, 1.54) is 7.11 Å². The van der Waals surface area contributed by atoms with Crippen LogP contribution in [0.3, 0.4) is 0 Å². The molecule has 2 aromatic carbocycles. The van der Waals surface area contributed by atoms with E-state index in [0.717, 1.165) is 16.5 Å². The largest absolute Gasteiger partial charge is 0.497 e. The highest BCUT2D eigenvalue weighted by atomic mass is 16.5. The van der Waals surface area contributed by atoms with Crippen LogP contribution in [0.15, 0.2) is 36.4 Å². The first-order chi connectivity index (χ1) is 13.8. The fourth-order valence-electron chi connectivity index (χ4n) is 3.20. The molecule has 1 aromatic heterocycles. The molecule has 0 amide bonds. The highest BCUT2D eigenvalue weighted by Gasteiger charge is 2.23. The molecule has 0 bridgehead atoms. The number of fused-ring (bicyclic) bond motifs is 1. The fraction of sp³-hybridized carbons (Fsp3) is 0.227. The number of benzene rings is 2. The number of hydrogen-bond donors (Lipinski definition) is 1. The lowest BCUT2D eigenvalue weighted by Crippen LogP contribution is -2.15. The number of aromatic nitrogens is 1. The molecule has 29 heavy (non-hydrogen) atoms. The van der Waals surface area contributed by atoms with Gasteiger partial charge in [-0.1, -0.05) is 12.1 Å². The third kappa shape index (κ3) is 3.99. The van der Waals surface area contributed by atoms with Crippen LogP contribution in [0.4, 0.5) is 0 Å². The Labute approximate surface area is 167 Å². The quantitative estimate of drug-likeness (QED) is 0.506. The minimum atomic E-state index is -0.606. The highest BCUT2D eigenvalue weighted by Crippen LogP contribution is 2.23. The Morgan fingerprint density at radius 3 is 2.31 bits per heavy atom. The molecule has 1 N–H and O–H groups in total. The first kappa shape index (κ1) is 20.1. The summed E-state index contributed by atoms with van der Waals surface area (Å²) < 4.78 is 15.1. The lowest BCUT2D eigenvalue weighted by molar-refractivity contribution is 0.0473. The lowest BCUT2D eigenvalue weighted by Gasteiger charge is -2.07. The van der Waals surface area contributed by atoms with Gasteiger partial charge in [-0.15, -0.1) is 0 Å². The molecule has 0 aliphatic heterocycles. The Kier molecular flexibility index (Phi) is 5.68. The van der Waals surface area contributed by atoms with Gasteiger partial charge in [0.05, 0.1) is 31.0 Å². The number of nitrogens with one attached hydrogen (secondary N) is 1. The summed E-state index contributed by atoms with van der Waals surface area (Å²) in [6.07, 6.45) is 0. The molecular weight excluding hydrogens is 374 g/mol. The van der Waals surface area contributed by atoms with E-state index in [9.17, 15) is 14.4 Å². The summed E-state index contributed by atoms with van der Waals surface area (Å²) in [5.74, 6) is -0.841. The van der Waals surface area contributed by atoms with Crippen LogP contribution in [0.2, 0.25) is 0 Å². The van der Waals surface area contributed by atoms with E-state index < -0.39 is 24.3 Å². The number of hydrogen-bond acceptors (Lipinski definition) is 6. The Morgan fingerprint density at radius 2 is 1.62 bits per heavy atom. The van der Waals surface area contributed by atoms with Crippen LogP contribution < -0.4 is 4.74 Å². The number of ether oxygens (including phenoxy) is 3. The van der Waals surface area contributed by atoms with Crippen molar-refractivity contribution < 1.29 is 28.6 Å². The highest BCUT2D eigenvalue weighted by molar-refractivity contribution is 6.03. The molecule has 0 atom stereocenters. The third-order valence-electron chi connectivity index (χ3n) is 4.72. The maximum absolute atomic E-state index is 12.5. The standard InChI is InChI=1S/C22H21NO6/c1-12-19(22(26)28-4)13(2)23-20(12)18(24)11-29-21(25)16-6-5-15-10-17(27-3)8-7-14(15)9-16/h5-10,23H,11H2,1-4H3. The molecule has 150 valence electrons. The van der Waals surface area contributed by atoms with Gasteiger partial charge < -0.3 is 19.2 Å². The van der Waals surface area contributed by atoms with Gasteiger partial charge in [0, 0.05) is 5.69 Å². The van der Waals surface area contributed by atoms with E-state index in [4.69, 9.17) is 14.2 Å². The van der Waals surface area contributed by atoms with Crippen molar-refractivity contribution >= 4 is 28.5 Å². The number of methoxy groups -OCH3 is 2. The number of esters is 2. The van der Waals surface area contributed by atoms with Gasteiger partial charge in [-0.05, 0) is 54.4 Å². The number of H-pyrrole nitrogens is 1. The van der Waals surface area contributed by atoms with Crippen LogP contribution in [-0.2, 0) is 9.47 Å². The summed E-state index contributed by atoms with van der Waals surface area (Å²) in [4.78, 5) is 39.6. The fourth-order valence-corrected chi connectivity index (χ4v) is 3.20. The Morgan fingerprint density at radius 1 is 0.931 bits per heavy atom. The predicted molar refractivity (Wildman–Crippen MR) is 107 cm³/mol. The molecule has 3 aromatic rings. The van der Waals surface area contributed by atoms with E-state index in [-0.39, 0.29) is 5.69 Å². The first-order valence-corrected chi connectivity index (χ1v) is 8.91. The van der Waals surface area contributed by atoms with Gasteiger partial charge in [0.1, 0.15) is 5.75 Å². The number of ketones is 1. The van der Waals surface area contributed by atoms with Crippen molar-refractivity contribution in [2.45, 2.75) is 13.8 Å². The van der Waals surface area contributed by atoms with E-state index in [0.29, 0.717) is 22.4 Å². The molecule has 3 rings (SSSR count). The van der Waals surface area contributed by atoms with Crippen molar-refractivity contribution in [2.24, 2.45) is 0 Å². The Bertz CT molecular complexity index is 1110.